The fraction of sp³-hybridized carbons (Fsp3) is 0.750. The summed E-state index contributed by atoms with van der Waals surface area (Å²) in [6.45, 7) is -0.781. The van der Waals surface area contributed by atoms with Gasteiger partial charge in [0.2, 0.25) is 11.6 Å². The average Bonchev–Trinajstić information content (AvgIpc) is 2.53. The van der Waals surface area contributed by atoms with Crippen LogP contribution in [0.4, 0.5) is 4.79 Å². The second-order valence-corrected chi connectivity index (χ2v) is 4.94. The van der Waals surface area contributed by atoms with Gasteiger partial charge >= 0.3 is 6.03 Å². The molecule has 10 N–H and O–H groups in total. The van der Waals surface area contributed by atoms with Crippen molar-refractivity contribution in [1.82, 2.24) is 5.32 Å². The van der Waals surface area contributed by atoms with Gasteiger partial charge in [-0.3, -0.25) is 9.59 Å². The number of aliphatic hydroxyl groups is 5. The van der Waals surface area contributed by atoms with Crippen LogP contribution in [0.2, 0.25) is 0 Å². The van der Waals surface area contributed by atoms with E-state index in [0.29, 0.717) is 0 Å². The molecule has 0 aromatic rings. The van der Waals surface area contributed by atoms with Crippen molar-refractivity contribution < 1.29 is 39.9 Å². The van der Waals surface area contributed by atoms with Gasteiger partial charge in [0, 0.05) is 6.54 Å². The van der Waals surface area contributed by atoms with Crippen molar-refractivity contribution in [2.45, 2.75) is 43.3 Å². The first-order valence-corrected chi connectivity index (χ1v) is 6.83. The van der Waals surface area contributed by atoms with E-state index in [9.17, 15) is 29.7 Å². The minimum atomic E-state index is -2.30. The second kappa shape index (κ2) is 10.2. The zero-order valence-corrected chi connectivity index (χ0v) is 12.3. The van der Waals surface area contributed by atoms with Crippen LogP contribution >= 0.6 is 0 Å². The SMILES string of the molecule is NC(=O)NCCC[C@H](N)C(=O)C(=O)[C@H](O)[C@@H](O)[C@H](O)[C@H](O)CO. The largest absolute Gasteiger partial charge is 0.394 e. The standard InChI is InChI=1S/C12H23N3O8/c13-5(2-1-3-15-12(14)23)7(18)9(20)11(22)10(21)8(19)6(17)4-16/h5-6,8,10-11,16-17,19,21-22H,1-4,13H2,(H3,14,15,23)/t5-,6+,8+,10-,11-/m0/s1. The molecule has 0 aliphatic heterocycles. The molecule has 23 heavy (non-hydrogen) atoms. The highest BCUT2D eigenvalue weighted by Crippen LogP contribution is 2.08. The summed E-state index contributed by atoms with van der Waals surface area (Å²) in [4.78, 5) is 33.9. The molecule has 0 unspecified atom stereocenters. The number of amides is 2. The highest BCUT2D eigenvalue weighted by molar-refractivity contribution is 6.40. The molecule has 0 aliphatic rings. The van der Waals surface area contributed by atoms with Crippen molar-refractivity contribution in [3.63, 3.8) is 0 Å². The molecule has 0 aliphatic carbocycles. The normalized spacial score (nSPS) is 17.7. The predicted octanol–water partition coefficient (Wildman–Crippen LogP) is -4.66. The maximum absolute atomic E-state index is 11.7. The molecule has 0 saturated heterocycles. The minimum absolute atomic E-state index is 0.00941. The van der Waals surface area contributed by atoms with E-state index in [1.165, 1.54) is 0 Å². The number of nitrogens with two attached hydrogens (primary N) is 2. The van der Waals surface area contributed by atoms with Crippen molar-refractivity contribution in [2.75, 3.05) is 13.2 Å². The smallest absolute Gasteiger partial charge is 0.312 e. The van der Waals surface area contributed by atoms with E-state index in [1.807, 2.05) is 0 Å². The molecule has 0 aromatic carbocycles. The molecule has 0 radical (unpaired) electrons. The van der Waals surface area contributed by atoms with E-state index in [-0.39, 0.29) is 19.4 Å². The highest BCUT2D eigenvalue weighted by atomic mass is 16.4. The zero-order valence-electron chi connectivity index (χ0n) is 12.3. The molecule has 0 bridgehead atoms. The maximum atomic E-state index is 11.7. The summed E-state index contributed by atoms with van der Waals surface area (Å²) in [7, 11) is 0. The van der Waals surface area contributed by atoms with Crippen molar-refractivity contribution in [3.8, 4) is 0 Å². The monoisotopic (exact) mass is 337 g/mol. The van der Waals surface area contributed by atoms with Crippen LogP contribution in [-0.4, -0.2) is 86.7 Å². The molecule has 5 atom stereocenters. The van der Waals surface area contributed by atoms with Crippen LogP contribution < -0.4 is 16.8 Å². The van der Waals surface area contributed by atoms with Crippen molar-refractivity contribution in [1.29, 1.82) is 0 Å². The maximum Gasteiger partial charge on any atom is 0.312 e. The Hall–Kier alpha value is -1.63. The Kier molecular flexibility index (Phi) is 9.48. The molecule has 0 heterocycles. The topological polar surface area (TPSA) is 216 Å². The number of aliphatic hydroxyl groups excluding tert-OH is 5. The fourth-order valence-corrected chi connectivity index (χ4v) is 1.67. The molecule has 11 heteroatoms. The quantitative estimate of drug-likeness (QED) is 0.134. The van der Waals surface area contributed by atoms with E-state index < -0.39 is 54.7 Å². The van der Waals surface area contributed by atoms with Crippen molar-refractivity contribution in [3.05, 3.63) is 0 Å². The molecule has 0 saturated carbocycles. The van der Waals surface area contributed by atoms with Crippen LogP contribution in [0.25, 0.3) is 0 Å². The van der Waals surface area contributed by atoms with E-state index in [0.717, 1.165) is 0 Å². The van der Waals surface area contributed by atoms with Crippen LogP contribution in [0.3, 0.4) is 0 Å². The third-order valence-corrected chi connectivity index (χ3v) is 3.09. The van der Waals surface area contributed by atoms with Crippen LogP contribution in [0.5, 0.6) is 0 Å². The Morgan fingerprint density at radius 2 is 1.57 bits per heavy atom. The summed E-state index contributed by atoms with van der Waals surface area (Å²) < 4.78 is 0. The Bertz CT molecular complexity index is 419. The predicted molar refractivity (Wildman–Crippen MR) is 75.9 cm³/mol. The third-order valence-electron chi connectivity index (χ3n) is 3.09. The van der Waals surface area contributed by atoms with Gasteiger partial charge < -0.3 is 42.3 Å². The Balaban J connectivity index is 4.50. The van der Waals surface area contributed by atoms with Crippen molar-refractivity contribution >= 4 is 17.6 Å². The summed E-state index contributed by atoms with van der Waals surface area (Å²) in [6.07, 6.45) is -8.03. The molecule has 0 rings (SSSR count). The fourth-order valence-electron chi connectivity index (χ4n) is 1.67. The van der Waals surface area contributed by atoms with E-state index >= 15 is 0 Å². The number of carbonyl (C=O) groups excluding carboxylic acids is 3. The number of nitrogens with one attached hydrogen (secondary N) is 1. The first-order valence-electron chi connectivity index (χ1n) is 6.83. The van der Waals surface area contributed by atoms with Crippen LogP contribution in [0, 0.1) is 0 Å². The van der Waals surface area contributed by atoms with Crippen LogP contribution in [0.15, 0.2) is 0 Å². The van der Waals surface area contributed by atoms with Crippen LogP contribution in [0.1, 0.15) is 12.8 Å². The number of carbonyl (C=O) groups is 3. The van der Waals surface area contributed by atoms with Gasteiger partial charge in [0.15, 0.2) is 0 Å². The van der Waals surface area contributed by atoms with Gasteiger partial charge in [0.1, 0.15) is 24.4 Å². The lowest BCUT2D eigenvalue weighted by molar-refractivity contribution is -0.154. The lowest BCUT2D eigenvalue weighted by Gasteiger charge is -2.25. The van der Waals surface area contributed by atoms with E-state index in [2.05, 4.69) is 5.32 Å². The number of rotatable bonds is 11. The highest BCUT2D eigenvalue weighted by Gasteiger charge is 2.38. The summed E-state index contributed by atoms with van der Waals surface area (Å²) in [6, 6.07) is -2.03. The van der Waals surface area contributed by atoms with Gasteiger partial charge in [-0.1, -0.05) is 0 Å². The minimum Gasteiger partial charge on any atom is -0.394 e. The summed E-state index contributed by atoms with van der Waals surface area (Å²) >= 11 is 0. The molecule has 0 spiro atoms. The summed E-state index contributed by atoms with van der Waals surface area (Å²) in [5, 5.41) is 48.5. The number of primary amides is 1. The molecular formula is C12H23N3O8. The molecule has 0 aromatic heterocycles. The summed E-state index contributed by atoms with van der Waals surface area (Å²) in [5.41, 5.74) is 10.3. The first kappa shape index (κ1) is 21.4. The van der Waals surface area contributed by atoms with Gasteiger partial charge in [-0.15, -0.1) is 0 Å². The Labute approximate surface area is 131 Å². The Morgan fingerprint density at radius 1 is 1.00 bits per heavy atom. The van der Waals surface area contributed by atoms with Gasteiger partial charge in [0.05, 0.1) is 12.6 Å². The van der Waals surface area contributed by atoms with Gasteiger partial charge in [-0.25, -0.2) is 4.79 Å². The van der Waals surface area contributed by atoms with Gasteiger partial charge in [-0.2, -0.15) is 0 Å². The van der Waals surface area contributed by atoms with E-state index in [4.69, 9.17) is 21.7 Å². The second-order valence-electron chi connectivity index (χ2n) is 4.94. The van der Waals surface area contributed by atoms with E-state index in [1.54, 1.807) is 0 Å². The lowest BCUT2D eigenvalue weighted by Crippen LogP contribution is -2.52. The zero-order chi connectivity index (χ0) is 18.2. The van der Waals surface area contributed by atoms with Crippen LogP contribution in [-0.2, 0) is 9.59 Å². The average molecular weight is 337 g/mol. The van der Waals surface area contributed by atoms with Gasteiger partial charge in [0.25, 0.3) is 0 Å². The third kappa shape index (κ3) is 6.99. The number of ketones is 2. The molecule has 134 valence electrons. The Morgan fingerprint density at radius 3 is 2.04 bits per heavy atom. The molecule has 11 nitrogen and oxygen atoms in total. The summed E-state index contributed by atoms with van der Waals surface area (Å²) in [5.74, 6) is -2.61. The molecular weight excluding hydrogens is 314 g/mol. The molecule has 2 amide bonds. The van der Waals surface area contributed by atoms with Gasteiger partial charge in [-0.05, 0) is 12.8 Å². The first-order chi connectivity index (χ1) is 10.6. The van der Waals surface area contributed by atoms with Crippen molar-refractivity contribution in [2.24, 2.45) is 11.5 Å². The molecule has 0 fully saturated rings. The number of urea groups is 1. The number of hydrogen-bond donors (Lipinski definition) is 8. The lowest BCUT2D eigenvalue weighted by atomic mass is 9.95. The number of Topliss-reactive ketones (excluding diaryl/α,β-unsaturated/α-hetero) is 2. The number of hydrogen-bond acceptors (Lipinski definition) is 9.